The van der Waals surface area contributed by atoms with Crippen molar-refractivity contribution < 1.29 is 41.0 Å². The van der Waals surface area contributed by atoms with Crippen LogP contribution in [0.3, 0.4) is 0 Å². The van der Waals surface area contributed by atoms with Crippen molar-refractivity contribution in [2.75, 3.05) is 6.61 Å². The normalized spacial score (nSPS) is 16.2. The van der Waals surface area contributed by atoms with Crippen LogP contribution in [0.1, 0.15) is 30.4 Å². The molecule has 1 aliphatic carbocycles. The van der Waals surface area contributed by atoms with Crippen LogP contribution in [-0.2, 0) is 16.4 Å². The van der Waals surface area contributed by atoms with Crippen molar-refractivity contribution >= 4 is 5.97 Å². The second-order valence-electron chi connectivity index (χ2n) is 6.97. The van der Waals surface area contributed by atoms with Gasteiger partial charge in [-0.1, -0.05) is 18.6 Å². The van der Waals surface area contributed by atoms with Crippen molar-refractivity contribution in [1.29, 1.82) is 0 Å². The lowest BCUT2D eigenvalue weighted by Crippen LogP contribution is -2.42. The first-order chi connectivity index (χ1) is 13.4. The highest BCUT2D eigenvalue weighted by Gasteiger charge is 2.46. The largest absolute Gasteiger partial charge is 0.484 e. The lowest BCUT2D eigenvalue weighted by atomic mass is 9.64. The quantitative estimate of drug-likeness (QED) is 0.623. The third-order valence-electron chi connectivity index (χ3n) is 5.02. The standard InChI is InChI=1S/C20H16F6O3/c21-19(22,23)11-29-16-9-13(12-2-4-14(5-3-12)20(24,25)26)8-15(10-16)18(17(27)28)6-1-7-18/h2-5,8-10H,1,6-7,11H2,(H,27,28). The highest BCUT2D eigenvalue weighted by molar-refractivity contribution is 5.84. The van der Waals surface area contributed by atoms with Gasteiger partial charge in [0.05, 0.1) is 11.0 Å². The van der Waals surface area contributed by atoms with Crippen LogP contribution in [0.4, 0.5) is 26.3 Å². The van der Waals surface area contributed by atoms with Crippen LogP contribution in [0, 0.1) is 0 Å². The van der Waals surface area contributed by atoms with Crippen LogP contribution in [0.15, 0.2) is 42.5 Å². The topological polar surface area (TPSA) is 46.5 Å². The molecule has 29 heavy (non-hydrogen) atoms. The summed E-state index contributed by atoms with van der Waals surface area (Å²) < 4.78 is 80.7. The van der Waals surface area contributed by atoms with Crippen molar-refractivity contribution in [3.63, 3.8) is 0 Å². The second-order valence-corrected chi connectivity index (χ2v) is 6.97. The molecule has 0 atom stereocenters. The van der Waals surface area contributed by atoms with Gasteiger partial charge in [0.1, 0.15) is 5.75 Å². The zero-order valence-electron chi connectivity index (χ0n) is 14.9. The number of hydrogen-bond acceptors (Lipinski definition) is 2. The predicted octanol–water partition coefficient (Wildman–Crippen LogP) is 5.82. The summed E-state index contributed by atoms with van der Waals surface area (Å²) in [6, 6.07) is 8.07. The molecule has 1 aliphatic rings. The van der Waals surface area contributed by atoms with Gasteiger partial charge in [-0.3, -0.25) is 4.79 Å². The Bertz CT molecular complexity index is 896. The first kappa shape index (κ1) is 21.0. The first-order valence-electron chi connectivity index (χ1n) is 8.67. The van der Waals surface area contributed by atoms with Gasteiger partial charge in [0.25, 0.3) is 0 Å². The lowest BCUT2D eigenvalue weighted by Gasteiger charge is -2.38. The van der Waals surface area contributed by atoms with Gasteiger partial charge in [-0.2, -0.15) is 26.3 Å². The molecule has 3 nitrogen and oxygen atoms in total. The average Bonchev–Trinajstić information content (AvgIpc) is 2.57. The van der Waals surface area contributed by atoms with Crippen molar-refractivity contribution in [2.45, 2.75) is 37.0 Å². The number of carboxylic acids is 1. The minimum Gasteiger partial charge on any atom is -0.484 e. The molecule has 0 aliphatic heterocycles. The number of halogens is 6. The fourth-order valence-electron chi connectivity index (χ4n) is 3.30. The molecule has 0 amide bonds. The van der Waals surface area contributed by atoms with Gasteiger partial charge >= 0.3 is 18.3 Å². The summed E-state index contributed by atoms with van der Waals surface area (Å²) in [6.45, 7) is -1.57. The molecule has 0 bridgehead atoms. The van der Waals surface area contributed by atoms with Crippen molar-refractivity contribution in [2.24, 2.45) is 0 Å². The number of carbonyl (C=O) groups is 1. The van der Waals surface area contributed by atoms with E-state index in [9.17, 15) is 36.2 Å². The van der Waals surface area contributed by atoms with Gasteiger partial charge in [-0.05, 0) is 59.9 Å². The maximum atomic E-state index is 12.8. The lowest BCUT2D eigenvalue weighted by molar-refractivity contribution is -0.153. The second kappa shape index (κ2) is 7.27. The van der Waals surface area contributed by atoms with E-state index in [0.29, 0.717) is 24.8 Å². The average molecular weight is 418 g/mol. The van der Waals surface area contributed by atoms with E-state index in [1.54, 1.807) is 0 Å². The van der Waals surface area contributed by atoms with Crippen molar-refractivity contribution in [1.82, 2.24) is 0 Å². The summed E-state index contributed by atoms with van der Waals surface area (Å²) in [6.07, 6.45) is -7.84. The van der Waals surface area contributed by atoms with Gasteiger partial charge in [-0.15, -0.1) is 0 Å². The number of carboxylic acid groups (broad SMARTS) is 1. The number of ether oxygens (including phenoxy) is 1. The first-order valence-corrected chi connectivity index (χ1v) is 8.67. The smallest absolute Gasteiger partial charge is 0.422 e. The molecular formula is C20H16F6O3. The molecule has 9 heteroatoms. The van der Waals surface area contributed by atoms with Gasteiger partial charge in [-0.25, -0.2) is 0 Å². The van der Waals surface area contributed by atoms with Crippen LogP contribution in [-0.4, -0.2) is 23.9 Å². The van der Waals surface area contributed by atoms with Gasteiger partial charge in [0, 0.05) is 0 Å². The van der Waals surface area contributed by atoms with Gasteiger partial charge in [0.2, 0.25) is 0 Å². The Morgan fingerprint density at radius 2 is 1.59 bits per heavy atom. The maximum absolute atomic E-state index is 12.8. The molecule has 0 unspecified atom stereocenters. The fourth-order valence-corrected chi connectivity index (χ4v) is 3.30. The predicted molar refractivity (Wildman–Crippen MR) is 91.6 cm³/mol. The Kier molecular flexibility index (Phi) is 5.27. The van der Waals surface area contributed by atoms with E-state index in [1.165, 1.54) is 30.3 Å². The molecule has 0 spiro atoms. The molecule has 3 rings (SSSR count). The Hall–Kier alpha value is -2.71. The van der Waals surface area contributed by atoms with Crippen molar-refractivity contribution in [3.8, 4) is 16.9 Å². The Morgan fingerprint density at radius 3 is 2.03 bits per heavy atom. The molecule has 2 aromatic rings. The highest BCUT2D eigenvalue weighted by Crippen LogP contribution is 2.46. The van der Waals surface area contributed by atoms with Crippen LogP contribution in [0.2, 0.25) is 0 Å². The highest BCUT2D eigenvalue weighted by atomic mass is 19.4. The summed E-state index contributed by atoms with van der Waals surface area (Å²) in [4.78, 5) is 11.8. The molecule has 1 saturated carbocycles. The molecule has 0 saturated heterocycles. The molecule has 0 aromatic heterocycles. The van der Waals surface area contributed by atoms with Gasteiger partial charge < -0.3 is 9.84 Å². The zero-order chi connectivity index (χ0) is 21.4. The summed E-state index contributed by atoms with van der Waals surface area (Å²) in [7, 11) is 0. The minimum absolute atomic E-state index is 0.192. The third-order valence-corrected chi connectivity index (χ3v) is 5.02. The fraction of sp³-hybridized carbons (Fsp3) is 0.350. The van der Waals surface area contributed by atoms with E-state index in [4.69, 9.17) is 4.74 Å². The summed E-state index contributed by atoms with van der Waals surface area (Å²) in [5, 5.41) is 9.63. The molecule has 1 fully saturated rings. The molecular weight excluding hydrogens is 402 g/mol. The van der Waals surface area contributed by atoms with E-state index in [-0.39, 0.29) is 16.9 Å². The number of aliphatic carboxylic acids is 1. The van der Waals surface area contributed by atoms with Crippen LogP contribution in [0.5, 0.6) is 5.75 Å². The maximum Gasteiger partial charge on any atom is 0.422 e. The third kappa shape index (κ3) is 4.49. The van der Waals surface area contributed by atoms with E-state index in [1.807, 2.05) is 0 Å². The molecule has 2 aromatic carbocycles. The summed E-state index contributed by atoms with van der Waals surface area (Å²) in [5.74, 6) is -1.29. The Morgan fingerprint density at radius 1 is 0.966 bits per heavy atom. The van der Waals surface area contributed by atoms with Gasteiger partial charge in [0.15, 0.2) is 6.61 Å². The molecule has 0 heterocycles. The summed E-state index contributed by atoms with van der Waals surface area (Å²) >= 11 is 0. The molecule has 156 valence electrons. The Balaban J connectivity index is 2.03. The minimum atomic E-state index is -4.59. The van der Waals surface area contributed by atoms with Crippen molar-refractivity contribution in [3.05, 3.63) is 53.6 Å². The zero-order valence-corrected chi connectivity index (χ0v) is 14.9. The number of benzene rings is 2. The molecule has 0 radical (unpaired) electrons. The SMILES string of the molecule is O=C(O)C1(c2cc(OCC(F)(F)F)cc(-c3ccc(C(F)(F)F)cc3)c2)CCC1. The summed E-state index contributed by atoms with van der Waals surface area (Å²) in [5.41, 5.74) is -1.26. The molecule has 1 N–H and O–H groups in total. The van der Waals surface area contributed by atoms with E-state index in [0.717, 1.165) is 12.1 Å². The number of hydrogen-bond donors (Lipinski definition) is 1. The Labute approximate surface area is 161 Å². The van der Waals surface area contributed by atoms with Crippen LogP contribution in [0.25, 0.3) is 11.1 Å². The van der Waals surface area contributed by atoms with Crippen LogP contribution >= 0.6 is 0 Å². The number of alkyl halides is 6. The van der Waals surface area contributed by atoms with E-state index >= 15 is 0 Å². The van der Waals surface area contributed by atoms with Crippen LogP contribution < -0.4 is 4.74 Å². The number of rotatable bonds is 5. The van der Waals surface area contributed by atoms with E-state index < -0.39 is 35.9 Å². The van der Waals surface area contributed by atoms with E-state index in [2.05, 4.69) is 0 Å². The monoisotopic (exact) mass is 418 g/mol.